The molecule has 0 amide bonds. The Hall–Kier alpha value is -2.10. The van der Waals surface area contributed by atoms with Gasteiger partial charge in [0.15, 0.2) is 0 Å². The monoisotopic (exact) mass is 229 g/mol. The molecule has 2 aromatic rings. The van der Waals surface area contributed by atoms with E-state index in [9.17, 15) is 4.79 Å². The number of rotatable bonds is 4. The van der Waals surface area contributed by atoms with Crippen molar-refractivity contribution in [1.82, 2.24) is 10.2 Å². The summed E-state index contributed by atoms with van der Waals surface area (Å²) in [6.45, 7) is 2.93. The highest BCUT2D eigenvalue weighted by Gasteiger charge is 2.04. The van der Waals surface area contributed by atoms with Crippen LogP contribution in [0.1, 0.15) is 18.4 Å². The lowest BCUT2D eigenvalue weighted by Crippen LogP contribution is -2.13. The molecule has 0 aliphatic carbocycles. The maximum atomic E-state index is 10.8. The maximum absolute atomic E-state index is 10.8. The summed E-state index contributed by atoms with van der Waals surface area (Å²) in [4.78, 5) is 10.8. The van der Waals surface area contributed by atoms with E-state index in [0.29, 0.717) is 11.7 Å². The average molecular weight is 229 g/mol. The van der Waals surface area contributed by atoms with Gasteiger partial charge in [-0.3, -0.25) is 4.79 Å². The molecular weight excluding hydrogens is 214 g/mol. The molecule has 1 aromatic carbocycles. The highest BCUT2D eigenvalue weighted by Crippen LogP contribution is 2.14. The van der Waals surface area contributed by atoms with Crippen molar-refractivity contribution in [2.45, 2.75) is 12.8 Å². The molecule has 88 valence electrons. The van der Waals surface area contributed by atoms with Gasteiger partial charge in [-0.25, -0.2) is 5.10 Å². The first-order valence-electron chi connectivity index (χ1n) is 5.60. The number of hydrogen-bond acceptors (Lipinski definition) is 3. The van der Waals surface area contributed by atoms with Crippen LogP contribution in [-0.2, 0) is 0 Å². The number of nitrogens with one attached hydrogen (secondary N) is 2. The fourth-order valence-electron chi connectivity index (χ4n) is 1.60. The van der Waals surface area contributed by atoms with Crippen LogP contribution in [0.2, 0.25) is 0 Å². The SMILES string of the molecule is C[C@H](CNc1ccc(=O)[nH]n1)c1ccccc1. The molecule has 1 aromatic heterocycles. The van der Waals surface area contributed by atoms with Crippen LogP contribution in [-0.4, -0.2) is 16.7 Å². The topological polar surface area (TPSA) is 57.8 Å². The van der Waals surface area contributed by atoms with Crippen LogP contribution in [0.15, 0.2) is 47.3 Å². The molecule has 1 heterocycles. The lowest BCUT2D eigenvalue weighted by molar-refractivity contribution is 0.797. The maximum Gasteiger partial charge on any atom is 0.264 e. The molecule has 0 saturated heterocycles. The number of anilines is 1. The zero-order valence-electron chi connectivity index (χ0n) is 9.68. The normalized spacial score (nSPS) is 12.1. The molecule has 0 unspecified atom stereocenters. The van der Waals surface area contributed by atoms with E-state index in [-0.39, 0.29) is 5.56 Å². The van der Waals surface area contributed by atoms with Gasteiger partial charge in [0.2, 0.25) is 0 Å². The van der Waals surface area contributed by atoms with E-state index in [4.69, 9.17) is 0 Å². The summed E-state index contributed by atoms with van der Waals surface area (Å²) in [5.41, 5.74) is 1.09. The van der Waals surface area contributed by atoms with Crippen LogP contribution in [0.25, 0.3) is 0 Å². The highest BCUT2D eigenvalue weighted by atomic mass is 16.1. The number of aromatic nitrogens is 2. The zero-order valence-corrected chi connectivity index (χ0v) is 9.68. The Balaban J connectivity index is 1.94. The van der Waals surface area contributed by atoms with Crippen molar-refractivity contribution >= 4 is 5.82 Å². The average Bonchev–Trinajstić information content (AvgIpc) is 2.39. The molecule has 4 heteroatoms. The van der Waals surface area contributed by atoms with Gasteiger partial charge in [0.1, 0.15) is 5.82 Å². The molecule has 0 aliphatic heterocycles. The van der Waals surface area contributed by atoms with Crippen molar-refractivity contribution in [1.29, 1.82) is 0 Å². The summed E-state index contributed by atoms with van der Waals surface area (Å²) in [7, 11) is 0. The third-order valence-corrected chi connectivity index (χ3v) is 2.64. The summed E-state index contributed by atoms with van der Waals surface area (Å²) in [6, 6.07) is 13.4. The van der Waals surface area contributed by atoms with Crippen LogP contribution in [0.3, 0.4) is 0 Å². The van der Waals surface area contributed by atoms with Crippen molar-refractivity contribution in [3.8, 4) is 0 Å². The van der Waals surface area contributed by atoms with Crippen molar-refractivity contribution in [2.75, 3.05) is 11.9 Å². The van der Waals surface area contributed by atoms with Crippen LogP contribution >= 0.6 is 0 Å². The van der Waals surface area contributed by atoms with Crippen molar-refractivity contribution in [2.24, 2.45) is 0 Å². The highest BCUT2D eigenvalue weighted by molar-refractivity contribution is 5.32. The molecule has 4 nitrogen and oxygen atoms in total. The van der Waals surface area contributed by atoms with Gasteiger partial charge in [-0.1, -0.05) is 37.3 Å². The number of benzene rings is 1. The van der Waals surface area contributed by atoms with Crippen LogP contribution in [0.4, 0.5) is 5.82 Å². The third-order valence-electron chi connectivity index (χ3n) is 2.64. The van der Waals surface area contributed by atoms with E-state index in [1.54, 1.807) is 6.07 Å². The quantitative estimate of drug-likeness (QED) is 0.842. The Labute approximate surface area is 99.7 Å². The molecule has 1 atom stereocenters. The third kappa shape index (κ3) is 3.17. The van der Waals surface area contributed by atoms with Crippen molar-refractivity contribution < 1.29 is 0 Å². The first-order chi connectivity index (χ1) is 8.25. The van der Waals surface area contributed by atoms with Gasteiger partial charge in [0.25, 0.3) is 5.56 Å². The van der Waals surface area contributed by atoms with Crippen LogP contribution < -0.4 is 10.9 Å². The van der Waals surface area contributed by atoms with Gasteiger partial charge in [-0.2, -0.15) is 5.10 Å². The Kier molecular flexibility index (Phi) is 3.55. The zero-order chi connectivity index (χ0) is 12.1. The number of H-pyrrole nitrogens is 1. The molecule has 0 spiro atoms. The van der Waals surface area contributed by atoms with Gasteiger partial charge < -0.3 is 5.32 Å². The molecule has 17 heavy (non-hydrogen) atoms. The van der Waals surface area contributed by atoms with Gasteiger partial charge in [0, 0.05) is 12.6 Å². The Morgan fingerprint density at radius 2 is 2.00 bits per heavy atom. The molecule has 0 bridgehead atoms. The molecule has 0 radical (unpaired) electrons. The van der Waals surface area contributed by atoms with E-state index in [1.807, 2.05) is 18.2 Å². The minimum Gasteiger partial charge on any atom is -0.368 e. The van der Waals surface area contributed by atoms with E-state index >= 15 is 0 Å². The molecule has 0 aliphatic rings. The second-order valence-electron chi connectivity index (χ2n) is 4.00. The molecule has 2 rings (SSSR count). The molecule has 0 fully saturated rings. The van der Waals surface area contributed by atoms with Crippen LogP contribution in [0, 0.1) is 0 Å². The number of aromatic amines is 1. The second-order valence-corrected chi connectivity index (χ2v) is 4.00. The smallest absolute Gasteiger partial charge is 0.264 e. The molecule has 0 saturated carbocycles. The fraction of sp³-hybridized carbons (Fsp3) is 0.231. The Bertz CT molecular complexity index is 501. The first kappa shape index (κ1) is 11.4. The van der Waals surface area contributed by atoms with Gasteiger partial charge in [-0.05, 0) is 17.5 Å². The number of nitrogens with zero attached hydrogens (tertiary/aromatic N) is 1. The predicted molar refractivity (Wildman–Crippen MR) is 68.2 cm³/mol. The van der Waals surface area contributed by atoms with Crippen molar-refractivity contribution in [3.05, 3.63) is 58.4 Å². The fourth-order valence-corrected chi connectivity index (χ4v) is 1.60. The Morgan fingerprint density at radius 3 is 2.65 bits per heavy atom. The molecule has 2 N–H and O–H groups in total. The summed E-state index contributed by atoms with van der Waals surface area (Å²) >= 11 is 0. The van der Waals surface area contributed by atoms with E-state index in [2.05, 4.69) is 34.6 Å². The summed E-state index contributed by atoms with van der Waals surface area (Å²) in [5.74, 6) is 1.08. The van der Waals surface area contributed by atoms with E-state index in [0.717, 1.165) is 6.54 Å². The van der Waals surface area contributed by atoms with E-state index < -0.39 is 0 Å². The van der Waals surface area contributed by atoms with Gasteiger partial charge in [-0.15, -0.1) is 0 Å². The van der Waals surface area contributed by atoms with Gasteiger partial charge >= 0.3 is 0 Å². The second kappa shape index (κ2) is 5.30. The summed E-state index contributed by atoms with van der Waals surface area (Å²) in [6.07, 6.45) is 0. The minimum absolute atomic E-state index is 0.188. The minimum atomic E-state index is -0.188. The summed E-state index contributed by atoms with van der Waals surface area (Å²) in [5, 5.41) is 9.48. The lowest BCUT2D eigenvalue weighted by atomic mass is 10.0. The first-order valence-corrected chi connectivity index (χ1v) is 5.60. The predicted octanol–water partition coefficient (Wildman–Crippen LogP) is 1.99. The lowest BCUT2D eigenvalue weighted by Gasteiger charge is -2.12. The Morgan fingerprint density at radius 1 is 1.24 bits per heavy atom. The van der Waals surface area contributed by atoms with Crippen molar-refractivity contribution in [3.63, 3.8) is 0 Å². The standard InChI is InChI=1S/C13H15N3O/c1-10(11-5-3-2-4-6-11)9-14-12-7-8-13(17)16-15-12/h2-8,10H,9H2,1H3,(H,14,15)(H,16,17)/t10-/m1/s1. The summed E-state index contributed by atoms with van der Waals surface area (Å²) < 4.78 is 0. The van der Waals surface area contributed by atoms with Crippen LogP contribution in [0.5, 0.6) is 0 Å². The van der Waals surface area contributed by atoms with E-state index in [1.165, 1.54) is 11.6 Å². The molecular formula is C13H15N3O. The largest absolute Gasteiger partial charge is 0.368 e. The number of hydrogen-bond donors (Lipinski definition) is 2. The van der Waals surface area contributed by atoms with Gasteiger partial charge in [0.05, 0.1) is 0 Å².